The first-order valence-electron chi connectivity index (χ1n) is 9.13. The Kier molecular flexibility index (Phi) is 5.03. The van der Waals surface area contributed by atoms with E-state index in [4.69, 9.17) is 9.47 Å². The Morgan fingerprint density at radius 3 is 2.76 bits per heavy atom. The number of ether oxygens (including phenoxy) is 2. The van der Waals surface area contributed by atoms with Crippen LogP contribution in [0.4, 0.5) is 16.3 Å². The quantitative estimate of drug-likeness (QED) is 0.578. The van der Waals surface area contributed by atoms with E-state index in [0.717, 1.165) is 16.6 Å². The number of nitrogens with zero attached hydrogens (tertiary/aromatic N) is 2. The largest absolute Gasteiger partial charge is 0.454 e. The molecule has 3 aromatic rings. The van der Waals surface area contributed by atoms with E-state index in [9.17, 15) is 10.1 Å². The molecule has 0 bridgehead atoms. The van der Waals surface area contributed by atoms with Gasteiger partial charge in [0, 0.05) is 30.2 Å². The number of amides is 2. The predicted molar refractivity (Wildman–Crippen MR) is 109 cm³/mol. The van der Waals surface area contributed by atoms with Crippen molar-refractivity contribution in [2.24, 2.45) is 0 Å². The van der Waals surface area contributed by atoms with E-state index in [0.29, 0.717) is 41.5 Å². The van der Waals surface area contributed by atoms with Crippen LogP contribution in [-0.4, -0.2) is 30.9 Å². The molecule has 2 amide bonds. The Balaban J connectivity index is 1.38. The molecule has 0 fully saturated rings. The highest BCUT2D eigenvalue weighted by atomic mass is 16.7. The van der Waals surface area contributed by atoms with E-state index in [1.54, 1.807) is 12.1 Å². The van der Waals surface area contributed by atoms with Gasteiger partial charge >= 0.3 is 6.03 Å². The second-order valence-electron chi connectivity index (χ2n) is 6.52. The lowest BCUT2D eigenvalue weighted by atomic mass is 10.1. The fraction of sp³-hybridized carbons (Fsp3) is 0.190. The molecule has 8 nitrogen and oxygen atoms in total. The fourth-order valence-corrected chi connectivity index (χ4v) is 3.02. The molecule has 3 N–H and O–H groups in total. The molecule has 0 saturated heterocycles. The smallest absolute Gasteiger partial charge is 0.319 e. The average molecular weight is 389 g/mol. The number of carbonyl (C=O) groups is 1. The number of benzene rings is 2. The van der Waals surface area contributed by atoms with Crippen molar-refractivity contribution in [2.75, 3.05) is 30.5 Å². The van der Waals surface area contributed by atoms with Gasteiger partial charge in [-0.25, -0.2) is 9.78 Å². The first-order chi connectivity index (χ1) is 14.1. The summed E-state index contributed by atoms with van der Waals surface area (Å²) in [6.45, 7) is 2.89. The summed E-state index contributed by atoms with van der Waals surface area (Å²) >= 11 is 0. The van der Waals surface area contributed by atoms with Crippen LogP contribution in [0.1, 0.15) is 11.1 Å². The number of nitriles is 1. The summed E-state index contributed by atoms with van der Waals surface area (Å²) in [6, 6.07) is 14.8. The third kappa shape index (κ3) is 3.99. The summed E-state index contributed by atoms with van der Waals surface area (Å²) in [5.74, 6) is 1.74. The molecule has 1 aromatic heterocycles. The summed E-state index contributed by atoms with van der Waals surface area (Å²) < 4.78 is 10.8. The summed E-state index contributed by atoms with van der Waals surface area (Å²) in [4.78, 5) is 16.6. The maximum absolute atomic E-state index is 12.0. The van der Waals surface area contributed by atoms with E-state index >= 15 is 0 Å². The van der Waals surface area contributed by atoms with Crippen molar-refractivity contribution in [1.82, 2.24) is 10.3 Å². The van der Waals surface area contributed by atoms with Gasteiger partial charge in [-0.05, 0) is 30.7 Å². The Hall–Kier alpha value is -3.99. The maximum atomic E-state index is 12.0. The zero-order valence-corrected chi connectivity index (χ0v) is 15.8. The van der Waals surface area contributed by atoms with E-state index in [-0.39, 0.29) is 12.8 Å². The number of aromatic nitrogens is 1. The number of fused-ring (bicyclic) bond motifs is 2. The van der Waals surface area contributed by atoms with Crippen molar-refractivity contribution < 1.29 is 14.3 Å². The third-order valence-electron chi connectivity index (χ3n) is 4.53. The van der Waals surface area contributed by atoms with Crippen LogP contribution in [0.5, 0.6) is 11.5 Å². The lowest BCUT2D eigenvalue weighted by Gasteiger charge is -2.11. The lowest BCUT2D eigenvalue weighted by molar-refractivity contribution is 0.174. The van der Waals surface area contributed by atoms with Gasteiger partial charge in [0.2, 0.25) is 6.79 Å². The zero-order valence-electron chi connectivity index (χ0n) is 15.8. The molecule has 0 unspecified atom stereocenters. The molecule has 4 rings (SSSR count). The van der Waals surface area contributed by atoms with Gasteiger partial charge in [0.15, 0.2) is 11.5 Å². The minimum absolute atomic E-state index is 0.179. The molecule has 2 aromatic carbocycles. The number of rotatable bonds is 5. The topological polar surface area (TPSA) is 108 Å². The van der Waals surface area contributed by atoms with Crippen LogP contribution in [-0.2, 0) is 0 Å². The van der Waals surface area contributed by atoms with Gasteiger partial charge in [-0.2, -0.15) is 5.26 Å². The van der Waals surface area contributed by atoms with E-state index in [1.807, 2.05) is 37.3 Å². The predicted octanol–water partition coefficient (Wildman–Crippen LogP) is 3.38. The van der Waals surface area contributed by atoms with Crippen LogP contribution >= 0.6 is 0 Å². The van der Waals surface area contributed by atoms with Gasteiger partial charge in [-0.3, -0.25) is 0 Å². The highest BCUT2D eigenvalue weighted by molar-refractivity contribution is 5.90. The number of nitrogens with one attached hydrogen (secondary N) is 3. The Morgan fingerprint density at radius 2 is 1.97 bits per heavy atom. The molecule has 0 atom stereocenters. The fourth-order valence-electron chi connectivity index (χ4n) is 3.02. The van der Waals surface area contributed by atoms with Crippen molar-refractivity contribution in [3.05, 3.63) is 53.6 Å². The molecule has 0 aliphatic carbocycles. The number of carbonyl (C=O) groups excluding carboxylic acids is 1. The molecule has 0 spiro atoms. The van der Waals surface area contributed by atoms with Gasteiger partial charge in [0.1, 0.15) is 11.9 Å². The number of hydrogen-bond donors (Lipinski definition) is 3. The Morgan fingerprint density at radius 1 is 1.17 bits per heavy atom. The normalized spacial score (nSPS) is 11.7. The van der Waals surface area contributed by atoms with Crippen LogP contribution in [0.15, 0.2) is 42.5 Å². The standard InChI is InChI=1S/C21H19N5O3/c1-13-4-2-3-5-16(13)26-21(27)24-7-6-23-20-15(11-22)8-14-9-18-19(29-12-28-18)10-17(14)25-20/h2-5,8-10H,6-7,12H2,1H3,(H,23,25)(H2,24,26,27). The maximum Gasteiger partial charge on any atom is 0.319 e. The van der Waals surface area contributed by atoms with Crippen molar-refractivity contribution >= 4 is 28.4 Å². The summed E-state index contributed by atoms with van der Waals surface area (Å²) in [7, 11) is 0. The second kappa shape index (κ2) is 7.94. The summed E-state index contributed by atoms with van der Waals surface area (Å²) in [6.07, 6.45) is 0. The van der Waals surface area contributed by atoms with Crippen molar-refractivity contribution in [3.63, 3.8) is 0 Å². The van der Waals surface area contributed by atoms with Crippen molar-refractivity contribution in [2.45, 2.75) is 6.92 Å². The molecule has 146 valence electrons. The van der Waals surface area contributed by atoms with Crippen LogP contribution in [0.25, 0.3) is 10.9 Å². The first-order valence-corrected chi connectivity index (χ1v) is 9.13. The lowest BCUT2D eigenvalue weighted by Crippen LogP contribution is -2.33. The van der Waals surface area contributed by atoms with E-state index < -0.39 is 0 Å². The number of aryl methyl sites for hydroxylation is 1. The van der Waals surface area contributed by atoms with Gasteiger partial charge in [0.25, 0.3) is 0 Å². The molecule has 2 heterocycles. The third-order valence-corrected chi connectivity index (χ3v) is 4.53. The highest BCUT2D eigenvalue weighted by Crippen LogP contribution is 2.36. The summed E-state index contributed by atoms with van der Waals surface area (Å²) in [5.41, 5.74) is 2.86. The Bertz CT molecular complexity index is 1120. The highest BCUT2D eigenvalue weighted by Gasteiger charge is 2.16. The number of pyridine rings is 1. The van der Waals surface area contributed by atoms with Crippen LogP contribution in [0.3, 0.4) is 0 Å². The van der Waals surface area contributed by atoms with Crippen LogP contribution in [0, 0.1) is 18.3 Å². The number of urea groups is 1. The molecule has 0 saturated carbocycles. The van der Waals surface area contributed by atoms with Gasteiger partial charge in [-0.1, -0.05) is 18.2 Å². The molecule has 29 heavy (non-hydrogen) atoms. The minimum Gasteiger partial charge on any atom is -0.454 e. The number of hydrogen-bond acceptors (Lipinski definition) is 6. The summed E-state index contributed by atoms with van der Waals surface area (Å²) in [5, 5.41) is 18.9. The van der Waals surface area contributed by atoms with Gasteiger partial charge < -0.3 is 25.4 Å². The van der Waals surface area contributed by atoms with Gasteiger partial charge in [0.05, 0.1) is 11.1 Å². The molecular formula is C21H19N5O3. The molecule has 8 heteroatoms. The molecule has 1 aliphatic heterocycles. The zero-order chi connectivity index (χ0) is 20.2. The average Bonchev–Trinajstić information content (AvgIpc) is 3.17. The number of para-hydroxylation sites is 1. The second-order valence-corrected chi connectivity index (χ2v) is 6.52. The molecular weight excluding hydrogens is 370 g/mol. The van der Waals surface area contributed by atoms with Crippen molar-refractivity contribution in [3.8, 4) is 17.6 Å². The molecule has 0 radical (unpaired) electrons. The minimum atomic E-state index is -0.291. The Labute approximate surface area is 167 Å². The SMILES string of the molecule is Cc1ccccc1NC(=O)NCCNc1nc2cc3c(cc2cc1C#N)OCO3. The van der Waals surface area contributed by atoms with Crippen LogP contribution < -0.4 is 25.4 Å². The number of anilines is 2. The van der Waals surface area contributed by atoms with Gasteiger partial charge in [-0.15, -0.1) is 0 Å². The van der Waals surface area contributed by atoms with Crippen molar-refractivity contribution in [1.29, 1.82) is 5.26 Å². The van der Waals surface area contributed by atoms with E-state index in [1.165, 1.54) is 0 Å². The van der Waals surface area contributed by atoms with E-state index in [2.05, 4.69) is 27.0 Å². The molecule has 1 aliphatic rings. The van der Waals surface area contributed by atoms with Crippen LogP contribution in [0.2, 0.25) is 0 Å². The first kappa shape index (κ1) is 18.4. The monoisotopic (exact) mass is 389 g/mol.